The molecule has 3 heterocycles. The van der Waals surface area contributed by atoms with Crippen LogP contribution in [0.4, 0.5) is 26.3 Å². The minimum Gasteiger partial charge on any atom is -0.406 e. The Morgan fingerprint density at radius 2 is 1.49 bits per heavy atom. The van der Waals surface area contributed by atoms with Gasteiger partial charge in [0.15, 0.2) is 5.78 Å². The number of hydrogen-bond donors (Lipinski definition) is 1. The van der Waals surface area contributed by atoms with E-state index >= 15 is 0 Å². The number of halogens is 6. The number of hydrogen-bond acceptors (Lipinski definition) is 6. The summed E-state index contributed by atoms with van der Waals surface area (Å²) < 4.78 is 88.1. The van der Waals surface area contributed by atoms with Crippen molar-refractivity contribution in [2.45, 2.75) is 108 Å². The van der Waals surface area contributed by atoms with Gasteiger partial charge in [-0.05, 0) is 73.6 Å². The quantitative estimate of drug-likeness (QED) is 0.109. The Morgan fingerprint density at radius 1 is 0.811 bits per heavy atom. The molecule has 53 heavy (non-hydrogen) atoms. The van der Waals surface area contributed by atoms with Crippen molar-refractivity contribution in [2.24, 2.45) is 5.73 Å². The van der Waals surface area contributed by atoms with Crippen LogP contribution in [0, 0.1) is 0 Å². The van der Waals surface area contributed by atoms with Crippen molar-refractivity contribution in [2.75, 3.05) is 13.1 Å². The molecule has 7 rings (SSSR count). The maximum atomic E-state index is 13.0. The van der Waals surface area contributed by atoms with Crippen molar-refractivity contribution in [3.8, 4) is 22.6 Å². The van der Waals surface area contributed by atoms with Gasteiger partial charge in [-0.3, -0.25) is 14.6 Å². The molecule has 2 unspecified atom stereocenters. The third-order valence-electron chi connectivity index (χ3n) is 11.1. The second-order valence-electron chi connectivity index (χ2n) is 14.8. The number of benzene rings is 3. The van der Waals surface area contributed by atoms with Crippen molar-refractivity contribution >= 4 is 16.7 Å². The van der Waals surface area contributed by atoms with Gasteiger partial charge in [-0.2, -0.15) is 0 Å². The molecule has 3 aliphatic rings. The molecule has 3 fully saturated rings. The molecule has 1 saturated carbocycles. The Morgan fingerprint density at radius 3 is 2.17 bits per heavy atom. The van der Waals surface area contributed by atoms with Gasteiger partial charge in [-0.15, -0.1) is 26.3 Å². The fourth-order valence-electron chi connectivity index (χ4n) is 8.50. The number of ether oxygens (including phenoxy) is 2. The molecule has 2 bridgehead atoms. The number of carbonyl (C=O) groups excluding carboxylic acids is 1. The van der Waals surface area contributed by atoms with Gasteiger partial charge in [0, 0.05) is 79.5 Å². The Bertz CT molecular complexity index is 1900. The summed E-state index contributed by atoms with van der Waals surface area (Å²) in [6.45, 7) is 3.24. The Hall–Kier alpha value is -4.07. The number of unbranched alkanes of at least 4 members (excludes halogenated alkanes) is 1. The van der Waals surface area contributed by atoms with Crippen LogP contribution in [0.1, 0.15) is 68.9 Å². The summed E-state index contributed by atoms with van der Waals surface area (Å²) in [6, 6.07) is 18.9. The van der Waals surface area contributed by atoms with Gasteiger partial charge in [0.2, 0.25) is 0 Å². The zero-order valence-electron chi connectivity index (χ0n) is 29.4. The highest BCUT2D eigenvalue weighted by molar-refractivity contribution is 5.96. The number of likely N-dealkylation sites (tertiary alicyclic amines) is 2. The first-order chi connectivity index (χ1) is 25.2. The number of alkyl halides is 6. The predicted molar refractivity (Wildman–Crippen MR) is 189 cm³/mol. The van der Waals surface area contributed by atoms with Crippen LogP contribution in [0.5, 0.6) is 11.5 Å². The highest BCUT2D eigenvalue weighted by Crippen LogP contribution is 2.38. The maximum Gasteiger partial charge on any atom is 0.573 e. The third-order valence-corrected chi connectivity index (χ3v) is 11.1. The predicted octanol–water partition coefficient (Wildman–Crippen LogP) is 8.97. The summed E-state index contributed by atoms with van der Waals surface area (Å²) in [5.41, 5.74) is 9.98. The van der Waals surface area contributed by atoms with Crippen LogP contribution in [0.25, 0.3) is 22.0 Å². The van der Waals surface area contributed by atoms with Crippen molar-refractivity contribution in [3.63, 3.8) is 0 Å². The molecule has 0 amide bonds. The lowest BCUT2D eigenvalue weighted by molar-refractivity contribution is -0.275. The lowest BCUT2D eigenvalue weighted by Gasteiger charge is -2.34. The number of para-hydroxylation sites is 1. The zero-order valence-corrected chi connectivity index (χ0v) is 29.4. The summed E-state index contributed by atoms with van der Waals surface area (Å²) in [4.78, 5) is 17.6. The molecule has 4 aromatic rings. The molecule has 3 aromatic carbocycles. The van der Waals surface area contributed by atoms with Crippen molar-refractivity contribution in [1.29, 1.82) is 0 Å². The molecule has 0 radical (unpaired) electrons. The summed E-state index contributed by atoms with van der Waals surface area (Å²) in [5, 5.41) is 0.971. The van der Waals surface area contributed by atoms with E-state index in [0.717, 1.165) is 85.6 Å². The molecule has 2 atom stereocenters. The Kier molecular flexibility index (Phi) is 10.5. The van der Waals surface area contributed by atoms with E-state index in [-0.39, 0.29) is 29.4 Å². The second-order valence-corrected chi connectivity index (χ2v) is 14.8. The fourth-order valence-corrected chi connectivity index (χ4v) is 8.50. The average Bonchev–Trinajstić information content (AvgIpc) is 3.79. The molecule has 284 valence electrons. The van der Waals surface area contributed by atoms with Crippen molar-refractivity contribution in [1.82, 2.24) is 14.4 Å². The molecule has 2 saturated heterocycles. The van der Waals surface area contributed by atoms with Gasteiger partial charge < -0.3 is 19.8 Å². The average molecular weight is 743 g/mol. The monoisotopic (exact) mass is 742 g/mol. The van der Waals surface area contributed by atoms with Crippen LogP contribution < -0.4 is 15.2 Å². The standard InChI is InChI=1S/C40H44F6N4O3/c41-39(42,43)52-32-14-12-28(13-15-32)34-26-48(19-7-4-10-37(51)38(47)17-5-1-6-18-38)35-16-11-27(20-33(34)35)22-49-24-31-21-30(49)25-50(31)23-29-8-2-3-9-36(29)53-40(44,45)46/h2-3,8-9,11-16,20,26,30-31H,1,4-7,10,17-19,21-25,47H2. The summed E-state index contributed by atoms with van der Waals surface area (Å²) in [5.74, 6) is -0.323. The highest BCUT2D eigenvalue weighted by atomic mass is 19.4. The zero-order chi connectivity index (χ0) is 37.4. The van der Waals surface area contributed by atoms with E-state index in [4.69, 9.17) is 5.73 Å². The van der Waals surface area contributed by atoms with E-state index < -0.39 is 18.3 Å². The molecule has 0 spiro atoms. The van der Waals surface area contributed by atoms with E-state index in [1.807, 2.05) is 6.20 Å². The number of piperazine rings is 1. The van der Waals surface area contributed by atoms with E-state index in [1.165, 1.54) is 24.3 Å². The smallest absolute Gasteiger partial charge is 0.406 e. The van der Waals surface area contributed by atoms with Gasteiger partial charge in [0.05, 0.1) is 5.54 Å². The molecule has 2 N–H and O–H groups in total. The molecule has 1 aromatic heterocycles. The number of carbonyl (C=O) groups is 1. The van der Waals surface area contributed by atoms with Crippen LogP contribution in [0.2, 0.25) is 0 Å². The topological polar surface area (TPSA) is 73.0 Å². The number of aromatic nitrogens is 1. The molecular weight excluding hydrogens is 698 g/mol. The van der Waals surface area contributed by atoms with E-state index in [2.05, 4.69) is 42.0 Å². The summed E-state index contributed by atoms with van der Waals surface area (Å²) in [7, 11) is 0. The summed E-state index contributed by atoms with van der Waals surface area (Å²) >= 11 is 0. The molecular formula is C40H44F6N4O3. The third kappa shape index (κ3) is 8.84. The number of nitrogens with zero attached hydrogens (tertiary/aromatic N) is 3. The SMILES string of the molecule is NC1(C(=O)CCCCn2cc(-c3ccc(OC(F)(F)F)cc3)c3cc(CN4CC5CC4CN5Cc4ccccc4OC(F)(F)F)ccc32)CCCCC1. The van der Waals surface area contributed by atoms with Gasteiger partial charge in [0.1, 0.15) is 11.5 Å². The van der Waals surface area contributed by atoms with Gasteiger partial charge >= 0.3 is 12.7 Å². The minimum atomic E-state index is -4.79. The first-order valence-electron chi connectivity index (χ1n) is 18.3. The second kappa shape index (κ2) is 15.0. The first kappa shape index (κ1) is 37.3. The lowest BCUT2D eigenvalue weighted by atomic mass is 9.78. The van der Waals surface area contributed by atoms with E-state index in [9.17, 15) is 31.1 Å². The molecule has 13 heteroatoms. The van der Waals surface area contributed by atoms with E-state index in [0.29, 0.717) is 38.0 Å². The maximum absolute atomic E-state index is 13.0. The van der Waals surface area contributed by atoms with Crippen LogP contribution in [-0.4, -0.2) is 63.6 Å². The van der Waals surface area contributed by atoms with Crippen molar-refractivity contribution < 1.29 is 40.6 Å². The van der Waals surface area contributed by atoms with Crippen LogP contribution >= 0.6 is 0 Å². The fraction of sp³-hybridized carbons (Fsp3) is 0.475. The van der Waals surface area contributed by atoms with Crippen LogP contribution in [-0.2, 0) is 24.4 Å². The molecule has 2 aliphatic heterocycles. The molecule has 1 aliphatic carbocycles. The Balaban J connectivity index is 1.05. The van der Waals surface area contributed by atoms with Crippen LogP contribution in [0.3, 0.4) is 0 Å². The normalized spacial score (nSPS) is 20.7. The highest BCUT2D eigenvalue weighted by Gasteiger charge is 2.43. The summed E-state index contributed by atoms with van der Waals surface area (Å²) in [6.07, 6.45) is -0.0765. The number of fused-ring (bicyclic) bond motifs is 3. The van der Waals surface area contributed by atoms with E-state index in [1.54, 1.807) is 24.3 Å². The Labute approximate surface area is 304 Å². The molecule has 7 nitrogen and oxygen atoms in total. The van der Waals surface area contributed by atoms with Crippen molar-refractivity contribution in [3.05, 3.63) is 84.1 Å². The number of rotatable bonds is 13. The largest absolute Gasteiger partial charge is 0.573 e. The van der Waals surface area contributed by atoms with Gasteiger partial charge in [0.25, 0.3) is 0 Å². The minimum absolute atomic E-state index is 0.139. The van der Waals surface area contributed by atoms with Gasteiger partial charge in [-0.1, -0.05) is 55.7 Å². The van der Waals surface area contributed by atoms with Gasteiger partial charge in [-0.25, -0.2) is 0 Å². The number of aryl methyl sites for hydroxylation is 1. The lowest BCUT2D eigenvalue weighted by Crippen LogP contribution is -2.49. The number of ketones is 1. The number of Topliss-reactive ketones (excluding diaryl/α,β-unsaturated/α-hetero) is 1. The first-order valence-corrected chi connectivity index (χ1v) is 18.3. The van der Waals surface area contributed by atoms with Crippen LogP contribution in [0.15, 0.2) is 72.9 Å². The number of nitrogens with two attached hydrogens (primary N) is 1.